The van der Waals surface area contributed by atoms with Crippen molar-refractivity contribution < 1.29 is 0 Å². The first kappa shape index (κ1) is 6.21. The van der Waals surface area contributed by atoms with Crippen LogP contribution in [0.1, 0.15) is 0 Å². The number of hydrogen-bond donors (Lipinski definition) is 0. The maximum Gasteiger partial charge on any atom is 0.198 e. The van der Waals surface area contributed by atoms with Crippen molar-refractivity contribution in [3.05, 3.63) is 36.9 Å². The Bertz CT molecular complexity index is 267. The molecule has 0 aliphatic rings. The van der Waals surface area contributed by atoms with E-state index in [1.165, 1.54) is 0 Å². The van der Waals surface area contributed by atoms with Crippen molar-refractivity contribution in [1.29, 1.82) is 0 Å². The van der Waals surface area contributed by atoms with Crippen LogP contribution in [0.3, 0.4) is 0 Å². The van der Waals surface area contributed by atoms with E-state index < -0.39 is 7.55 Å². The molecule has 2 aromatic heterocycles. The van der Waals surface area contributed by atoms with Gasteiger partial charge in [-0.3, -0.25) is 0 Å². The van der Waals surface area contributed by atoms with E-state index in [0.717, 1.165) is 0 Å². The van der Waals surface area contributed by atoms with Crippen LogP contribution in [0, 0.1) is 0 Å². The fourth-order valence-corrected chi connectivity index (χ4v) is 1.14. The summed E-state index contributed by atoms with van der Waals surface area (Å²) >= 11 is 0. The predicted octanol–water partition coefficient (Wildman–Crippen LogP) is -0.525. The molecule has 0 amide bonds. The van der Waals surface area contributed by atoms with E-state index in [0.29, 0.717) is 0 Å². The van der Waals surface area contributed by atoms with Crippen LogP contribution in [0.15, 0.2) is 36.9 Å². The summed E-state index contributed by atoms with van der Waals surface area (Å²) in [6, 6.07) is 3.85. The predicted molar refractivity (Wildman–Crippen MR) is 43.8 cm³/mol. The minimum atomic E-state index is -0.417. The van der Waals surface area contributed by atoms with Crippen molar-refractivity contribution in [3.63, 3.8) is 0 Å². The summed E-state index contributed by atoms with van der Waals surface area (Å²) in [5.41, 5.74) is 0. The van der Waals surface area contributed by atoms with Crippen LogP contribution in [0.4, 0.5) is 0 Å². The van der Waals surface area contributed by atoms with Gasteiger partial charge in [0.05, 0.1) is 0 Å². The standard InChI is InChI=1S/C6H8BN4/c1-3-8-10(5-1)7-11-6-2-4-9-11/h1-6H,7H2/q-1. The monoisotopic (exact) mass is 147 g/mol. The lowest BCUT2D eigenvalue weighted by Crippen LogP contribution is -2.17. The van der Waals surface area contributed by atoms with Gasteiger partial charge < -0.3 is 9.19 Å². The van der Waals surface area contributed by atoms with Gasteiger partial charge in [-0.1, -0.05) is 0 Å². The van der Waals surface area contributed by atoms with Crippen molar-refractivity contribution in [2.45, 2.75) is 0 Å². The Morgan fingerprint density at radius 2 is 1.45 bits per heavy atom. The van der Waals surface area contributed by atoms with Crippen molar-refractivity contribution >= 4 is 7.55 Å². The fraction of sp³-hybridized carbons (Fsp3) is 0. The molecule has 0 radical (unpaired) electrons. The molecule has 56 valence electrons. The van der Waals surface area contributed by atoms with E-state index in [1.807, 2.05) is 33.7 Å². The van der Waals surface area contributed by atoms with Gasteiger partial charge in [-0.25, -0.2) is 10.2 Å². The molecule has 5 heteroatoms. The van der Waals surface area contributed by atoms with E-state index >= 15 is 0 Å². The van der Waals surface area contributed by atoms with E-state index in [4.69, 9.17) is 0 Å². The van der Waals surface area contributed by atoms with E-state index in [9.17, 15) is 0 Å². The Morgan fingerprint density at radius 3 is 1.82 bits per heavy atom. The van der Waals surface area contributed by atoms with Gasteiger partial charge in [-0.05, 0) is 24.5 Å². The Hall–Kier alpha value is -1.52. The average molecular weight is 147 g/mol. The highest BCUT2D eigenvalue weighted by atomic mass is 15.3. The minimum absolute atomic E-state index is 0.417. The van der Waals surface area contributed by atoms with Crippen LogP contribution in [0.25, 0.3) is 0 Å². The molecule has 0 unspecified atom stereocenters. The molecule has 4 nitrogen and oxygen atoms in total. The van der Waals surface area contributed by atoms with Crippen LogP contribution in [-0.4, -0.2) is 26.9 Å². The zero-order valence-corrected chi connectivity index (χ0v) is 6.25. The van der Waals surface area contributed by atoms with Gasteiger partial charge in [0.15, 0.2) is 7.55 Å². The van der Waals surface area contributed by atoms with Crippen LogP contribution in [0.5, 0.6) is 0 Å². The first-order valence-electron chi connectivity index (χ1n) is 3.66. The molecule has 0 aliphatic carbocycles. The summed E-state index contributed by atoms with van der Waals surface area (Å²) in [5, 5.41) is 8.20. The van der Waals surface area contributed by atoms with Crippen molar-refractivity contribution in [1.82, 2.24) is 19.4 Å². The second-order valence-electron chi connectivity index (χ2n) is 2.56. The Labute approximate surface area is 64.7 Å². The first-order chi connectivity index (χ1) is 5.45. The molecule has 0 fully saturated rings. The third-order valence-corrected chi connectivity index (χ3v) is 1.68. The van der Waals surface area contributed by atoms with E-state index in [-0.39, 0.29) is 0 Å². The summed E-state index contributed by atoms with van der Waals surface area (Å²) in [7, 11) is -0.417. The van der Waals surface area contributed by atoms with Gasteiger partial charge in [0.2, 0.25) is 0 Å². The molecular weight excluding hydrogens is 139 g/mol. The lowest BCUT2D eigenvalue weighted by molar-refractivity contribution is 0.884. The highest BCUT2D eigenvalue weighted by molar-refractivity contribution is 6.30. The lowest BCUT2D eigenvalue weighted by atomic mass is 10.2. The highest BCUT2D eigenvalue weighted by Gasteiger charge is 1.84. The fourth-order valence-electron chi connectivity index (χ4n) is 1.14. The van der Waals surface area contributed by atoms with Crippen molar-refractivity contribution in [3.8, 4) is 0 Å². The van der Waals surface area contributed by atoms with Crippen molar-refractivity contribution in [2.75, 3.05) is 0 Å². The third kappa shape index (κ3) is 1.31. The number of nitrogens with zero attached hydrogens (tertiary/aromatic N) is 4. The van der Waals surface area contributed by atoms with Crippen LogP contribution in [-0.2, 0) is 0 Å². The summed E-state index contributed by atoms with van der Waals surface area (Å²) in [6.07, 6.45) is 7.49. The zero-order valence-electron chi connectivity index (χ0n) is 6.25. The molecular formula is C6H8BN4-. The molecule has 11 heavy (non-hydrogen) atoms. The SMILES string of the molecule is [BH2-](n1cccn1)n1cccn1. The second-order valence-corrected chi connectivity index (χ2v) is 2.56. The largest absolute Gasteiger partial charge is 0.429 e. The first-order valence-corrected chi connectivity index (χ1v) is 3.66. The molecule has 0 bridgehead atoms. The quantitative estimate of drug-likeness (QED) is 0.535. The molecule has 0 N–H and O–H groups in total. The van der Waals surface area contributed by atoms with Crippen LogP contribution in [0.2, 0.25) is 0 Å². The molecule has 0 saturated carbocycles. The van der Waals surface area contributed by atoms with Gasteiger partial charge in [0.1, 0.15) is 0 Å². The lowest BCUT2D eigenvalue weighted by Gasteiger charge is -2.08. The second kappa shape index (κ2) is 2.61. The summed E-state index contributed by atoms with van der Waals surface area (Å²) < 4.78 is 3.88. The molecule has 2 aromatic rings. The van der Waals surface area contributed by atoms with E-state index in [1.54, 1.807) is 12.4 Å². The van der Waals surface area contributed by atoms with Crippen molar-refractivity contribution in [2.24, 2.45) is 0 Å². The molecule has 2 rings (SSSR count). The maximum absolute atomic E-state index is 4.10. The number of rotatable bonds is 2. The minimum Gasteiger partial charge on any atom is -0.429 e. The Kier molecular flexibility index (Phi) is 1.48. The van der Waals surface area contributed by atoms with Gasteiger partial charge in [0, 0.05) is 12.4 Å². The van der Waals surface area contributed by atoms with E-state index in [2.05, 4.69) is 10.2 Å². The Balaban J connectivity index is 2.14. The molecule has 0 atom stereocenters. The molecule has 0 saturated heterocycles. The summed E-state index contributed by atoms with van der Waals surface area (Å²) in [6.45, 7) is 0. The topological polar surface area (TPSA) is 35.6 Å². The highest BCUT2D eigenvalue weighted by Crippen LogP contribution is 1.83. The molecule has 2 heterocycles. The Morgan fingerprint density at radius 1 is 0.909 bits per heavy atom. The van der Waals surface area contributed by atoms with Crippen LogP contribution >= 0.6 is 0 Å². The summed E-state index contributed by atoms with van der Waals surface area (Å²) in [4.78, 5) is 0. The zero-order chi connectivity index (χ0) is 7.52. The smallest absolute Gasteiger partial charge is 0.198 e. The molecule has 0 spiro atoms. The normalized spacial score (nSPS) is 10.2. The number of hydrogen-bond acceptors (Lipinski definition) is 2. The average Bonchev–Trinajstić information content (AvgIpc) is 2.60. The maximum atomic E-state index is 4.10. The van der Waals surface area contributed by atoms with Gasteiger partial charge in [-0.15, -0.1) is 0 Å². The third-order valence-electron chi connectivity index (χ3n) is 1.68. The van der Waals surface area contributed by atoms with Gasteiger partial charge in [0.25, 0.3) is 0 Å². The summed E-state index contributed by atoms with van der Waals surface area (Å²) in [5.74, 6) is 0. The molecule has 0 aromatic carbocycles. The van der Waals surface area contributed by atoms with Gasteiger partial charge >= 0.3 is 0 Å². The van der Waals surface area contributed by atoms with Crippen LogP contribution < -0.4 is 0 Å². The number of aromatic nitrogens is 4. The van der Waals surface area contributed by atoms with Gasteiger partial charge in [-0.2, -0.15) is 0 Å². The molecule has 0 aliphatic heterocycles.